The van der Waals surface area contributed by atoms with Gasteiger partial charge in [-0.05, 0) is 25.1 Å². The molecule has 3 nitrogen and oxygen atoms in total. The minimum Gasteiger partial charge on any atom is -0.492 e. The summed E-state index contributed by atoms with van der Waals surface area (Å²) in [5, 5.41) is 0.750. The van der Waals surface area contributed by atoms with E-state index in [1.807, 2.05) is 6.92 Å². The summed E-state index contributed by atoms with van der Waals surface area (Å²) < 4.78 is 5.33. The van der Waals surface area contributed by atoms with Crippen LogP contribution >= 0.6 is 34.8 Å². The molecule has 6 heteroatoms. The third kappa shape index (κ3) is 3.26. The zero-order chi connectivity index (χ0) is 15.6. The lowest BCUT2D eigenvalue weighted by Crippen LogP contribution is -2.05. The van der Waals surface area contributed by atoms with Crippen molar-refractivity contribution in [1.29, 1.82) is 0 Å². The molecule has 0 radical (unpaired) electrons. The lowest BCUT2D eigenvalue weighted by Gasteiger charge is -2.11. The van der Waals surface area contributed by atoms with Gasteiger partial charge in [-0.1, -0.05) is 40.9 Å². The van der Waals surface area contributed by atoms with Crippen molar-refractivity contribution in [3.63, 3.8) is 0 Å². The first-order valence-electron chi connectivity index (χ1n) is 6.16. The number of anilines is 1. The molecule has 0 aromatic heterocycles. The highest BCUT2D eigenvalue weighted by molar-refractivity contribution is 6.40. The molecular formula is C15H12Cl3NO2. The number of ether oxygens (including phenoxy) is 1. The molecule has 2 rings (SSSR count). The van der Waals surface area contributed by atoms with Crippen LogP contribution in [-0.4, -0.2) is 12.4 Å². The Kier molecular flexibility index (Phi) is 4.99. The van der Waals surface area contributed by atoms with Crippen molar-refractivity contribution in [3.8, 4) is 5.75 Å². The highest BCUT2D eigenvalue weighted by Gasteiger charge is 2.19. The van der Waals surface area contributed by atoms with E-state index >= 15 is 0 Å². The number of benzene rings is 2. The highest BCUT2D eigenvalue weighted by Crippen LogP contribution is 2.34. The number of rotatable bonds is 4. The van der Waals surface area contributed by atoms with Gasteiger partial charge in [-0.2, -0.15) is 0 Å². The van der Waals surface area contributed by atoms with E-state index in [-0.39, 0.29) is 27.0 Å². The molecule has 0 aliphatic carbocycles. The van der Waals surface area contributed by atoms with E-state index in [0.717, 1.165) is 0 Å². The average molecular weight is 345 g/mol. The molecule has 2 aromatic carbocycles. The molecule has 0 atom stereocenters. The number of hydrogen-bond donors (Lipinski definition) is 1. The van der Waals surface area contributed by atoms with Gasteiger partial charge in [0.05, 0.1) is 27.4 Å². The summed E-state index contributed by atoms with van der Waals surface area (Å²) in [6.07, 6.45) is 0. The van der Waals surface area contributed by atoms with E-state index in [9.17, 15) is 4.79 Å². The summed E-state index contributed by atoms with van der Waals surface area (Å²) in [6, 6.07) is 7.84. The van der Waals surface area contributed by atoms with Crippen molar-refractivity contribution in [3.05, 3.63) is 56.5 Å². The van der Waals surface area contributed by atoms with Gasteiger partial charge in [-0.25, -0.2) is 0 Å². The Labute approximate surface area is 137 Å². The number of carbonyl (C=O) groups excluding carboxylic acids is 1. The largest absolute Gasteiger partial charge is 0.492 e. The first-order chi connectivity index (χ1) is 9.95. The molecule has 0 amide bonds. The van der Waals surface area contributed by atoms with Gasteiger partial charge >= 0.3 is 0 Å². The van der Waals surface area contributed by atoms with Gasteiger partial charge in [-0.15, -0.1) is 0 Å². The molecule has 0 saturated heterocycles. The molecule has 0 heterocycles. The van der Waals surface area contributed by atoms with Crippen LogP contribution < -0.4 is 10.5 Å². The summed E-state index contributed by atoms with van der Waals surface area (Å²) in [5.41, 5.74) is 6.56. The maximum Gasteiger partial charge on any atom is 0.196 e. The van der Waals surface area contributed by atoms with Crippen molar-refractivity contribution in [2.75, 3.05) is 12.3 Å². The van der Waals surface area contributed by atoms with Crippen molar-refractivity contribution < 1.29 is 9.53 Å². The molecule has 0 bridgehead atoms. The molecule has 0 spiro atoms. The Morgan fingerprint density at radius 2 is 1.86 bits per heavy atom. The van der Waals surface area contributed by atoms with E-state index < -0.39 is 0 Å². The number of nitrogen functional groups attached to an aromatic ring is 1. The van der Waals surface area contributed by atoms with E-state index in [4.69, 9.17) is 45.3 Å². The summed E-state index contributed by atoms with van der Waals surface area (Å²) in [4.78, 5) is 12.5. The summed E-state index contributed by atoms with van der Waals surface area (Å²) >= 11 is 18.3. The lowest BCUT2D eigenvalue weighted by molar-refractivity contribution is 0.103. The second-order valence-corrected chi connectivity index (χ2v) is 5.43. The molecule has 21 heavy (non-hydrogen) atoms. The van der Waals surface area contributed by atoms with Crippen molar-refractivity contribution in [2.45, 2.75) is 6.92 Å². The molecule has 2 aromatic rings. The molecule has 2 N–H and O–H groups in total. The van der Waals surface area contributed by atoms with Gasteiger partial charge in [0.2, 0.25) is 0 Å². The number of halogens is 3. The monoisotopic (exact) mass is 343 g/mol. The predicted octanol–water partition coefficient (Wildman–Crippen LogP) is 4.86. The zero-order valence-corrected chi connectivity index (χ0v) is 13.4. The number of carbonyl (C=O) groups is 1. The maximum absolute atomic E-state index is 12.5. The maximum atomic E-state index is 12.5. The normalized spacial score (nSPS) is 10.5. The lowest BCUT2D eigenvalue weighted by atomic mass is 10.0. The summed E-state index contributed by atoms with van der Waals surface area (Å²) in [6.45, 7) is 2.28. The van der Waals surface area contributed by atoms with Gasteiger partial charge in [0.25, 0.3) is 0 Å². The third-order valence-electron chi connectivity index (χ3n) is 2.84. The van der Waals surface area contributed by atoms with Gasteiger partial charge in [-0.3, -0.25) is 4.79 Å². The van der Waals surface area contributed by atoms with Gasteiger partial charge < -0.3 is 10.5 Å². The van der Waals surface area contributed by atoms with Crippen LogP contribution in [0.1, 0.15) is 22.8 Å². The minimum absolute atomic E-state index is 0.198. The number of ketones is 1. The van der Waals surface area contributed by atoms with Crippen molar-refractivity contribution >= 4 is 46.3 Å². The van der Waals surface area contributed by atoms with Gasteiger partial charge in [0, 0.05) is 17.2 Å². The van der Waals surface area contributed by atoms with E-state index in [1.54, 1.807) is 18.2 Å². The number of nitrogens with two attached hydrogens (primary N) is 1. The van der Waals surface area contributed by atoms with Crippen LogP contribution in [0.3, 0.4) is 0 Å². The molecule has 0 unspecified atom stereocenters. The quantitative estimate of drug-likeness (QED) is 0.636. The first-order valence-corrected chi connectivity index (χ1v) is 7.29. The average Bonchev–Trinajstić information content (AvgIpc) is 2.45. The molecule has 0 aliphatic heterocycles. The standard InChI is InChI=1S/C15H12Cl3NO2/c1-2-21-13-7-10(16)9(6-11(13)17)15(20)8-4-3-5-12(19)14(8)18/h3-7H,2,19H2,1H3. The Morgan fingerprint density at radius 1 is 1.14 bits per heavy atom. The molecule has 0 fully saturated rings. The fourth-order valence-corrected chi connectivity index (χ4v) is 2.51. The van der Waals surface area contributed by atoms with Crippen LogP contribution in [0.25, 0.3) is 0 Å². The van der Waals surface area contributed by atoms with Gasteiger partial charge in [0.1, 0.15) is 5.75 Å². The summed E-state index contributed by atoms with van der Waals surface area (Å²) in [5.74, 6) is 0.0848. The van der Waals surface area contributed by atoms with Crippen LogP contribution in [0.4, 0.5) is 5.69 Å². The number of hydrogen-bond acceptors (Lipinski definition) is 3. The highest BCUT2D eigenvalue weighted by atomic mass is 35.5. The summed E-state index contributed by atoms with van der Waals surface area (Å²) in [7, 11) is 0. The van der Waals surface area contributed by atoms with E-state index in [0.29, 0.717) is 23.1 Å². The minimum atomic E-state index is -0.345. The second kappa shape index (κ2) is 6.56. The SMILES string of the molecule is CCOc1cc(Cl)c(C(=O)c2cccc(N)c2Cl)cc1Cl. The molecule has 0 aliphatic rings. The molecule has 110 valence electrons. The Hall–Kier alpha value is -1.42. The topological polar surface area (TPSA) is 52.3 Å². The first kappa shape index (κ1) is 16.0. The Bertz CT molecular complexity index is 702. The zero-order valence-electron chi connectivity index (χ0n) is 11.1. The smallest absolute Gasteiger partial charge is 0.196 e. The van der Waals surface area contributed by atoms with Crippen LogP contribution in [-0.2, 0) is 0 Å². The van der Waals surface area contributed by atoms with E-state index in [2.05, 4.69) is 0 Å². The van der Waals surface area contributed by atoms with Crippen LogP contribution in [0.15, 0.2) is 30.3 Å². The van der Waals surface area contributed by atoms with Crippen LogP contribution in [0, 0.1) is 0 Å². The molecular weight excluding hydrogens is 333 g/mol. The third-order valence-corrected chi connectivity index (χ3v) is 3.87. The fraction of sp³-hybridized carbons (Fsp3) is 0.133. The second-order valence-electron chi connectivity index (χ2n) is 4.23. The fourth-order valence-electron chi connectivity index (χ4n) is 1.84. The Balaban J connectivity index is 2.49. The Morgan fingerprint density at radius 3 is 2.52 bits per heavy atom. The van der Waals surface area contributed by atoms with Gasteiger partial charge in [0.15, 0.2) is 5.78 Å². The molecule has 0 saturated carbocycles. The van der Waals surface area contributed by atoms with Crippen LogP contribution in [0.5, 0.6) is 5.75 Å². The van der Waals surface area contributed by atoms with E-state index in [1.165, 1.54) is 12.1 Å². The predicted molar refractivity (Wildman–Crippen MR) is 86.9 cm³/mol. The van der Waals surface area contributed by atoms with Crippen molar-refractivity contribution in [2.24, 2.45) is 0 Å². The van der Waals surface area contributed by atoms with Crippen molar-refractivity contribution in [1.82, 2.24) is 0 Å². The van der Waals surface area contributed by atoms with Crippen LogP contribution in [0.2, 0.25) is 15.1 Å².